The van der Waals surface area contributed by atoms with E-state index in [2.05, 4.69) is 22.5 Å². The van der Waals surface area contributed by atoms with Crippen LogP contribution in [0.5, 0.6) is 0 Å². The molecule has 0 saturated carbocycles. The zero-order valence-corrected chi connectivity index (χ0v) is 7.42. The molecule has 2 N–H and O–H groups in total. The fourth-order valence-corrected chi connectivity index (χ4v) is 1.29. The predicted molar refractivity (Wildman–Crippen MR) is 50.7 cm³/mol. The molecule has 0 atom stereocenters. The average molecular weight is 177 g/mol. The second kappa shape index (κ2) is 3.05. The molecule has 4 nitrogen and oxygen atoms in total. The van der Waals surface area contributed by atoms with Gasteiger partial charge in [-0.1, -0.05) is 6.92 Å². The van der Waals surface area contributed by atoms with Crippen LogP contribution >= 0.6 is 0 Å². The molecule has 2 heterocycles. The minimum absolute atomic E-state index is 0.0377. The van der Waals surface area contributed by atoms with Crippen LogP contribution in [0.25, 0.3) is 0 Å². The largest absolute Gasteiger partial charge is 0.373 e. The average Bonchev–Trinajstić information content (AvgIpc) is 2.17. The molecule has 0 aliphatic carbocycles. The molecule has 68 valence electrons. The van der Waals surface area contributed by atoms with Gasteiger partial charge in [0.25, 0.3) is 0 Å². The summed E-state index contributed by atoms with van der Waals surface area (Å²) in [5, 5.41) is 5.71. The highest BCUT2D eigenvalue weighted by Crippen LogP contribution is 2.22. The number of carbonyl (C=O) groups excluding carboxylic acids is 1. The van der Waals surface area contributed by atoms with Gasteiger partial charge >= 0.3 is 0 Å². The molecule has 4 heteroatoms. The maximum absolute atomic E-state index is 11.0. The number of aromatic nitrogens is 1. The van der Waals surface area contributed by atoms with Gasteiger partial charge in [-0.2, -0.15) is 0 Å². The van der Waals surface area contributed by atoms with Gasteiger partial charge < -0.3 is 10.6 Å². The predicted octanol–water partition coefficient (Wildman–Crippen LogP) is 1.01. The van der Waals surface area contributed by atoms with Crippen molar-refractivity contribution in [3.05, 3.63) is 17.8 Å². The van der Waals surface area contributed by atoms with Crippen molar-refractivity contribution in [3.8, 4) is 0 Å². The van der Waals surface area contributed by atoms with Crippen LogP contribution in [-0.2, 0) is 11.2 Å². The molecular weight excluding hydrogens is 166 g/mol. The van der Waals surface area contributed by atoms with Gasteiger partial charge in [-0.25, -0.2) is 4.98 Å². The van der Waals surface area contributed by atoms with E-state index in [4.69, 9.17) is 0 Å². The molecule has 0 saturated heterocycles. The maximum atomic E-state index is 11.0. The van der Waals surface area contributed by atoms with E-state index in [9.17, 15) is 4.79 Å². The number of fused-ring (bicyclic) bond motifs is 1. The first-order valence-electron chi connectivity index (χ1n) is 4.32. The third-order valence-electron chi connectivity index (χ3n) is 2.05. The highest BCUT2D eigenvalue weighted by atomic mass is 16.2. The van der Waals surface area contributed by atoms with Crippen LogP contribution in [0.3, 0.4) is 0 Å². The van der Waals surface area contributed by atoms with Crippen LogP contribution in [-0.4, -0.2) is 17.4 Å². The topological polar surface area (TPSA) is 54.0 Å². The molecule has 0 unspecified atom stereocenters. The lowest BCUT2D eigenvalue weighted by molar-refractivity contribution is -0.114. The summed E-state index contributed by atoms with van der Waals surface area (Å²) in [5.74, 6) is 0.595. The fourth-order valence-electron chi connectivity index (χ4n) is 1.29. The van der Waals surface area contributed by atoms with Crippen LogP contribution < -0.4 is 10.6 Å². The molecule has 1 amide bonds. The fraction of sp³-hybridized carbons (Fsp3) is 0.333. The highest BCUT2D eigenvalue weighted by molar-refractivity contribution is 5.99. The summed E-state index contributed by atoms with van der Waals surface area (Å²) in [6.45, 7) is 2.41. The molecule has 1 aromatic rings. The molecule has 0 fully saturated rings. The Morgan fingerprint density at radius 3 is 3.23 bits per heavy atom. The van der Waals surface area contributed by atoms with E-state index in [0.717, 1.165) is 12.1 Å². The van der Waals surface area contributed by atoms with Crippen molar-refractivity contribution >= 4 is 17.4 Å². The Morgan fingerprint density at radius 2 is 2.46 bits per heavy atom. The van der Waals surface area contributed by atoms with Crippen LogP contribution in [0.15, 0.2) is 12.3 Å². The highest BCUT2D eigenvalue weighted by Gasteiger charge is 2.14. The molecule has 1 aromatic heterocycles. The number of nitrogens with zero attached hydrogens (tertiary/aromatic N) is 1. The Hall–Kier alpha value is -1.58. The minimum Gasteiger partial charge on any atom is -0.373 e. The van der Waals surface area contributed by atoms with E-state index < -0.39 is 0 Å². The molecule has 0 bridgehead atoms. The first kappa shape index (κ1) is 8.04. The van der Waals surface area contributed by atoms with Crippen molar-refractivity contribution in [2.24, 2.45) is 0 Å². The second-order valence-electron chi connectivity index (χ2n) is 3.00. The molecule has 13 heavy (non-hydrogen) atoms. The number of pyridine rings is 1. The molecule has 0 radical (unpaired) electrons. The maximum Gasteiger partial charge on any atom is 0.244 e. The third-order valence-corrected chi connectivity index (χ3v) is 2.05. The summed E-state index contributed by atoms with van der Waals surface area (Å²) in [7, 11) is 0. The lowest BCUT2D eigenvalue weighted by Gasteiger charge is -2.17. The Morgan fingerprint density at radius 1 is 1.62 bits per heavy atom. The number of rotatable bonds is 1. The van der Waals surface area contributed by atoms with Crippen LogP contribution in [0.1, 0.15) is 12.5 Å². The van der Waals surface area contributed by atoms with E-state index >= 15 is 0 Å². The summed E-state index contributed by atoms with van der Waals surface area (Å²) >= 11 is 0. The van der Waals surface area contributed by atoms with Gasteiger partial charge in [0, 0.05) is 6.20 Å². The second-order valence-corrected chi connectivity index (χ2v) is 3.00. The van der Waals surface area contributed by atoms with Crippen molar-refractivity contribution in [1.29, 1.82) is 0 Å². The van der Waals surface area contributed by atoms with Crippen molar-refractivity contribution in [2.45, 2.75) is 13.3 Å². The monoisotopic (exact) mass is 177 g/mol. The molecule has 0 spiro atoms. The molecule has 1 aliphatic rings. The van der Waals surface area contributed by atoms with Gasteiger partial charge in [-0.3, -0.25) is 4.79 Å². The van der Waals surface area contributed by atoms with Crippen LogP contribution in [0.2, 0.25) is 0 Å². The number of amides is 1. The van der Waals surface area contributed by atoms with Gasteiger partial charge in [-0.15, -0.1) is 0 Å². The standard InChI is InChI=1S/C9H11N3O/c1-2-6-3-7-9(11-4-6)12-8(13)5-10-7/h3-4,10H,2,5H2,1H3,(H,11,12,13). The van der Waals surface area contributed by atoms with Gasteiger partial charge in [0.05, 0.1) is 12.2 Å². The SMILES string of the molecule is CCc1cnc2c(c1)NCC(=O)N2. The number of nitrogens with one attached hydrogen (secondary N) is 2. The van der Waals surface area contributed by atoms with E-state index in [-0.39, 0.29) is 5.91 Å². The van der Waals surface area contributed by atoms with Crippen LogP contribution in [0.4, 0.5) is 11.5 Å². The van der Waals surface area contributed by atoms with E-state index in [1.165, 1.54) is 5.56 Å². The molecule has 0 aromatic carbocycles. The van der Waals surface area contributed by atoms with Crippen molar-refractivity contribution in [3.63, 3.8) is 0 Å². The summed E-state index contributed by atoms with van der Waals surface area (Å²) in [6.07, 6.45) is 2.74. The molecule has 2 rings (SSSR count). The Balaban J connectivity index is 2.36. The smallest absolute Gasteiger partial charge is 0.244 e. The number of carbonyl (C=O) groups is 1. The summed E-state index contributed by atoms with van der Waals surface area (Å²) in [6, 6.07) is 2.02. The Kier molecular flexibility index (Phi) is 1.88. The number of hydrogen-bond acceptors (Lipinski definition) is 3. The number of aryl methyl sites for hydroxylation is 1. The minimum atomic E-state index is -0.0377. The number of anilines is 2. The van der Waals surface area contributed by atoms with Crippen molar-refractivity contribution in [1.82, 2.24) is 4.98 Å². The Labute approximate surface area is 76.4 Å². The van der Waals surface area contributed by atoms with E-state index in [1.807, 2.05) is 6.07 Å². The third kappa shape index (κ3) is 1.47. The molecular formula is C9H11N3O. The van der Waals surface area contributed by atoms with Crippen molar-refractivity contribution < 1.29 is 4.79 Å². The van der Waals surface area contributed by atoms with Crippen LogP contribution in [0, 0.1) is 0 Å². The van der Waals surface area contributed by atoms with Gasteiger partial charge in [0.2, 0.25) is 5.91 Å². The van der Waals surface area contributed by atoms with Crippen molar-refractivity contribution in [2.75, 3.05) is 17.2 Å². The number of hydrogen-bond donors (Lipinski definition) is 2. The van der Waals surface area contributed by atoms with Gasteiger partial charge in [-0.05, 0) is 18.1 Å². The summed E-state index contributed by atoms with van der Waals surface area (Å²) in [5.41, 5.74) is 2.08. The first-order valence-corrected chi connectivity index (χ1v) is 4.32. The lowest BCUT2D eigenvalue weighted by atomic mass is 10.2. The van der Waals surface area contributed by atoms with E-state index in [1.54, 1.807) is 6.20 Å². The quantitative estimate of drug-likeness (QED) is 0.673. The summed E-state index contributed by atoms with van der Waals surface area (Å²) in [4.78, 5) is 15.1. The zero-order valence-electron chi connectivity index (χ0n) is 7.42. The Bertz CT molecular complexity index is 349. The first-order chi connectivity index (χ1) is 6.29. The summed E-state index contributed by atoms with van der Waals surface area (Å²) < 4.78 is 0. The van der Waals surface area contributed by atoms with Gasteiger partial charge in [0.15, 0.2) is 5.82 Å². The molecule has 1 aliphatic heterocycles. The zero-order chi connectivity index (χ0) is 9.26. The normalized spacial score (nSPS) is 14.4. The van der Waals surface area contributed by atoms with Gasteiger partial charge in [0.1, 0.15) is 0 Å². The van der Waals surface area contributed by atoms with E-state index in [0.29, 0.717) is 12.4 Å². The lowest BCUT2D eigenvalue weighted by Crippen LogP contribution is -2.28.